The molecule has 4 aromatic rings. The first kappa shape index (κ1) is 33.3. The van der Waals surface area contributed by atoms with Gasteiger partial charge in [0.05, 0.1) is 36.0 Å². The summed E-state index contributed by atoms with van der Waals surface area (Å²) in [7, 11) is 0. The van der Waals surface area contributed by atoms with E-state index in [0.717, 1.165) is 11.1 Å². The number of nitriles is 1. The summed E-state index contributed by atoms with van der Waals surface area (Å²) in [5.41, 5.74) is 0.387. The van der Waals surface area contributed by atoms with E-state index in [9.17, 15) is 20.0 Å². The summed E-state index contributed by atoms with van der Waals surface area (Å²) in [6.07, 6.45) is 2.17. The van der Waals surface area contributed by atoms with Crippen molar-refractivity contribution in [3.05, 3.63) is 117 Å². The van der Waals surface area contributed by atoms with Gasteiger partial charge in [0.2, 0.25) is 0 Å². The number of nitrogens with zero attached hydrogens (tertiary/aromatic N) is 2. The zero-order valence-electron chi connectivity index (χ0n) is 29.0. The molecule has 262 valence electrons. The molecule has 2 aromatic heterocycles. The second kappa shape index (κ2) is 12.2. The Hall–Kier alpha value is -4.82. The van der Waals surface area contributed by atoms with Crippen LogP contribution in [0.5, 0.6) is 5.75 Å². The van der Waals surface area contributed by atoms with Gasteiger partial charge in [-0.25, -0.2) is 9.59 Å². The van der Waals surface area contributed by atoms with Crippen molar-refractivity contribution in [2.75, 3.05) is 6.61 Å². The number of carbonyl (C=O) groups excluding carboxylic acids is 1. The normalized spacial score (nSPS) is 33.6. The molecule has 4 heterocycles. The van der Waals surface area contributed by atoms with Crippen LogP contribution in [-0.4, -0.2) is 40.5 Å². The van der Waals surface area contributed by atoms with Crippen molar-refractivity contribution in [2.24, 2.45) is 22.7 Å². The largest absolute Gasteiger partial charge is 0.482 e. The standard InChI is InChI=1S/C41H40N2O8/c1-23-7-11-26(12-8-23)38-47-22-40(3)30-19-32(49-36(45)25-13-9-24(20-42)10-14-25)41(4)35(39(30,2)16-15-31(40)50-38)34(44)33-29(51-41)18-28(48-37(33)46)27-6-5-17-43-21-27/h5-14,17-18,21,30-32,34-35,38,44H,15-16,19,22H2,1-4H3/t30?,31-,32-,34-,35?,38+,39-,40-,41+/m0/s1. The lowest BCUT2D eigenvalue weighted by molar-refractivity contribution is -0.330. The van der Waals surface area contributed by atoms with Crippen LogP contribution < -0.4 is 10.4 Å². The number of hydrogen-bond donors (Lipinski definition) is 1. The number of esters is 1. The SMILES string of the molecule is Cc1ccc([C@@H]2OC[C@@]3(C)C4C[C@H](OC(=O)c5ccc(C#N)cc5)[C@@]5(C)Oc6cc(-c7cccnc7)oc(=O)c6[C@H](O)C5[C@@]4(C)CC[C@@H]3O2)cc1. The molecule has 10 heteroatoms. The number of aromatic nitrogens is 1. The number of benzene rings is 2. The minimum atomic E-state index is -1.28. The van der Waals surface area contributed by atoms with Gasteiger partial charge in [0.15, 0.2) is 6.29 Å². The summed E-state index contributed by atoms with van der Waals surface area (Å²) < 4.78 is 32.2. The Morgan fingerprint density at radius 3 is 2.53 bits per heavy atom. The first-order valence-corrected chi connectivity index (χ1v) is 17.4. The van der Waals surface area contributed by atoms with Gasteiger partial charge in [0.1, 0.15) is 28.8 Å². The quantitative estimate of drug-likeness (QED) is 0.226. The van der Waals surface area contributed by atoms with Crippen LogP contribution in [0.3, 0.4) is 0 Å². The van der Waals surface area contributed by atoms with E-state index in [1.807, 2.05) is 38.1 Å². The molecule has 2 aliphatic heterocycles. The van der Waals surface area contributed by atoms with Crippen LogP contribution in [0.4, 0.5) is 0 Å². The molecule has 2 aliphatic carbocycles. The summed E-state index contributed by atoms with van der Waals surface area (Å²) in [5, 5.41) is 21.7. The van der Waals surface area contributed by atoms with E-state index in [4.69, 9.17) is 23.4 Å². The van der Waals surface area contributed by atoms with E-state index < -0.39 is 52.4 Å². The molecule has 2 saturated carbocycles. The Labute approximate surface area is 296 Å². The monoisotopic (exact) mass is 688 g/mol. The first-order valence-electron chi connectivity index (χ1n) is 17.4. The molecule has 8 rings (SSSR count). The van der Waals surface area contributed by atoms with Gasteiger partial charge < -0.3 is 28.5 Å². The Morgan fingerprint density at radius 2 is 1.82 bits per heavy atom. The van der Waals surface area contributed by atoms with Crippen LogP contribution in [-0.2, 0) is 14.2 Å². The van der Waals surface area contributed by atoms with Crippen molar-refractivity contribution in [1.82, 2.24) is 4.98 Å². The Balaban J connectivity index is 1.20. The molecule has 0 spiro atoms. The predicted molar refractivity (Wildman–Crippen MR) is 184 cm³/mol. The number of hydrogen-bond acceptors (Lipinski definition) is 10. The molecule has 4 aliphatic rings. The fourth-order valence-corrected chi connectivity index (χ4v) is 9.63. The van der Waals surface area contributed by atoms with Crippen LogP contribution in [0, 0.1) is 40.9 Å². The minimum absolute atomic E-state index is 0.0482. The maximum Gasteiger partial charge on any atom is 0.345 e. The van der Waals surface area contributed by atoms with Crippen molar-refractivity contribution in [1.29, 1.82) is 5.26 Å². The highest BCUT2D eigenvalue weighted by molar-refractivity contribution is 5.89. The number of aliphatic hydroxyl groups is 1. The number of fused-ring (bicyclic) bond motifs is 6. The molecule has 0 radical (unpaired) electrons. The summed E-state index contributed by atoms with van der Waals surface area (Å²) in [6.45, 7) is 8.61. The maximum absolute atomic E-state index is 13.8. The van der Waals surface area contributed by atoms with Crippen LogP contribution in [0.15, 0.2) is 88.3 Å². The summed E-state index contributed by atoms with van der Waals surface area (Å²) in [6, 6.07) is 21.6. The smallest absolute Gasteiger partial charge is 0.345 e. The maximum atomic E-state index is 13.8. The lowest BCUT2D eigenvalue weighted by Gasteiger charge is -2.67. The third kappa shape index (κ3) is 5.29. The second-order valence-corrected chi connectivity index (χ2v) is 15.2. The van der Waals surface area contributed by atoms with Crippen molar-refractivity contribution < 1.29 is 33.3 Å². The lowest BCUT2D eigenvalue weighted by atomic mass is 9.42. The average Bonchev–Trinajstić information content (AvgIpc) is 3.12. The van der Waals surface area contributed by atoms with Gasteiger partial charge in [-0.2, -0.15) is 5.26 Å². The van der Waals surface area contributed by atoms with E-state index in [1.54, 1.807) is 54.9 Å². The third-order valence-corrected chi connectivity index (χ3v) is 12.2. The minimum Gasteiger partial charge on any atom is -0.482 e. The molecular weight excluding hydrogens is 648 g/mol. The molecule has 3 fully saturated rings. The number of pyridine rings is 1. The van der Waals surface area contributed by atoms with Crippen molar-refractivity contribution in [3.63, 3.8) is 0 Å². The molecule has 1 N–H and O–H groups in total. The Morgan fingerprint density at radius 1 is 1.06 bits per heavy atom. The fraction of sp³-hybridized carbons (Fsp3) is 0.415. The fourth-order valence-electron chi connectivity index (χ4n) is 9.63. The van der Waals surface area contributed by atoms with E-state index >= 15 is 0 Å². The van der Waals surface area contributed by atoms with Crippen LogP contribution in [0.2, 0.25) is 0 Å². The summed E-state index contributed by atoms with van der Waals surface area (Å²) in [5.74, 6) is -0.979. The molecule has 2 aromatic carbocycles. The van der Waals surface area contributed by atoms with Gasteiger partial charge >= 0.3 is 11.6 Å². The number of ether oxygens (including phenoxy) is 4. The molecule has 51 heavy (non-hydrogen) atoms. The van der Waals surface area contributed by atoms with Gasteiger partial charge in [-0.3, -0.25) is 4.98 Å². The molecule has 1 saturated heterocycles. The molecule has 0 amide bonds. The first-order chi connectivity index (χ1) is 24.4. The zero-order chi connectivity index (χ0) is 35.7. The average molecular weight is 689 g/mol. The molecule has 0 bridgehead atoms. The van der Waals surface area contributed by atoms with Gasteiger partial charge in [-0.15, -0.1) is 0 Å². The Bertz CT molecular complexity index is 2080. The highest BCUT2D eigenvalue weighted by Gasteiger charge is 2.71. The summed E-state index contributed by atoms with van der Waals surface area (Å²) >= 11 is 0. The van der Waals surface area contributed by atoms with Crippen LogP contribution in [0.1, 0.15) is 85.0 Å². The zero-order valence-corrected chi connectivity index (χ0v) is 29.0. The second-order valence-electron chi connectivity index (χ2n) is 15.2. The van der Waals surface area contributed by atoms with Crippen molar-refractivity contribution >= 4 is 5.97 Å². The Kier molecular flexibility index (Phi) is 7.94. The predicted octanol–water partition coefficient (Wildman–Crippen LogP) is 6.85. The number of rotatable bonds is 4. The molecule has 9 atom stereocenters. The van der Waals surface area contributed by atoms with Gasteiger partial charge in [-0.05, 0) is 80.8 Å². The van der Waals surface area contributed by atoms with Crippen LogP contribution in [0.25, 0.3) is 11.3 Å². The van der Waals surface area contributed by atoms with E-state index in [-0.39, 0.29) is 34.7 Å². The summed E-state index contributed by atoms with van der Waals surface area (Å²) in [4.78, 5) is 31.7. The number of carbonyl (C=O) groups is 1. The van der Waals surface area contributed by atoms with Crippen molar-refractivity contribution in [2.45, 2.75) is 77.2 Å². The van der Waals surface area contributed by atoms with Gasteiger partial charge in [-0.1, -0.05) is 43.7 Å². The lowest BCUT2D eigenvalue weighted by Crippen LogP contribution is -2.71. The molecule has 10 nitrogen and oxygen atoms in total. The van der Waals surface area contributed by atoms with Gasteiger partial charge in [0, 0.05) is 40.9 Å². The van der Waals surface area contributed by atoms with Crippen molar-refractivity contribution in [3.8, 4) is 23.1 Å². The van der Waals surface area contributed by atoms with Gasteiger partial charge in [0.25, 0.3) is 0 Å². The van der Waals surface area contributed by atoms with E-state index in [0.29, 0.717) is 37.0 Å². The highest BCUT2D eigenvalue weighted by Crippen LogP contribution is 2.68. The van der Waals surface area contributed by atoms with E-state index in [1.165, 1.54) is 0 Å². The molecule has 2 unspecified atom stereocenters. The van der Waals surface area contributed by atoms with E-state index in [2.05, 4.69) is 24.9 Å². The highest BCUT2D eigenvalue weighted by atomic mass is 16.7. The number of aliphatic hydroxyl groups excluding tert-OH is 1. The van der Waals surface area contributed by atoms with Crippen LogP contribution >= 0.6 is 0 Å². The topological polar surface area (TPSA) is 141 Å². The number of aryl methyl sites for hydroxylation is 1. The third-order valence-electron chi connectivity index (χ3n) is 12.2. The molecular formula is C41H40N2O8.